The molecule has 2 aliphatic rings. The van der Waals surface area contributed by atoms with Crippen LogP contribution in [-0.2, 0) is 19.3 Å². The summed E-state index contributed by atoms with van der Waals surface area (Å²) in [6.07, 6.45) is 3.88. The molecular formula is C28H34ClFN4S. The topological polar surface area (TPSA) is 31.7 Å². The van der Waals surface area contributed by atoms with Gasteiger partial charge in [-0.25, -0.2) is 14.4 Å². The largest absolute Gasteiger partial charge is 0.352 e. The molecule has 0 aliphatic carbocycles. The lowest BCUT2D eigenvalue weighted by Crippen LogP contribution is -2.53. The summed E-state index contributed by atoms with van der Waals surface area (Å²) >= 11 is 1.86. The number of halogens is 2. The first-order valence-corrected chi connectivity index (χ1v) is 13.1. The Kier molecular flexibility index (Phi) is 8.25. The molecule has 0 saturated carbocycles. The number of aryl methyl sites for hydroxylation is 1. The molecule has 1 fully saturated rings. The monoisotopic (exact) mass is 512 g/mol. The van der Waals surface area contributed by atoms with Crippen molar-refractivity contribution < 1.29 is 4.39 Å². The lowest BCUT2D eigenvalue weighted by Gasteiger charge is -2.40. The molecule has 0 N–H and O–H groups in total. The van der Waals surface area contributed by atoms with E-state index in [0.717, 1.165) is 62.5 Å². The molecule has 7 heteroatoms. The fourth-order valence-corrected chi connectivity index (χ4v) is 6.20. The van der Waals surface area contributed by atoms with E-state index in [9.17, 15) is 4.39 Å². The van der Waals surface area contributed by atoms with Gasteiger partial charge in [0, 0.05) is 43.4 Å². The average Bonchev–Trinajstić information content (AvgIpc) is 3.13. The van der Waals surface area contributed by atoms with Crippen LogP contribution in [0.4, 0.5) is 10.1 Å². The van der Waals surface area contributed by atoms with Gasteiger partial charge in [0.2, 0.25) is 0 Å². The van der Waals surface area contributed by atoms with Gasteiger partial charge < -0.3 is 4.90 Å². The van der Waals surface area contributed by atoms with Crippen LogP contribution in [-0.4, -0.2) is 53.3 Å². The summed E-state index contributed by atoms with van der Waals surface area (Å²) in [7, 11) is 2.21. The predicted molar refractivity (Wildman–Crippen MR) is 146 cm³/mol. The highest BCUT2D eigenvalue weighted by molar-refractivity contribution is 7.12. The molecule has 3 heterocycles. The number of amidine groups is 1. The first-order valence-electron chi connectivity index (χ1n) is 12.3. The van der Waals surface area contributed by atoms with Crippen LogP contribution in [0.1, 0.15) is 47.0 Å². The maximum atomic E-state index is 13.3. The number of fused-ring (bicyclic) bond motifs is 2. The van der Waals surface area contributed by atoms with Gasteiger partial charge in [0.25, 0.3) is 0 Å². The van der Waals surface area contributed by atoms with E-state index in [2.05, 4.69) is 55.0 Å². The van der Waals surface area contributed by atoms with Crippen LogP contribution in [0.25, 0.3) is 0 Å². The highest BCUT2D eigenvalue weighted by Gasteiger charge is 2.31. The smallest absolute Gasteiger partial charge is 0.156 e. The molecule has 2 aliphatic heterocycles. The summed E-state index contributed by atoms with van der Waals surface area (Å²) in [6, 6.07) is 15.8. The SMILES string of the molecule is CC(C)Cc1nc2c(s1)Cc1ccccc1N=C2N1CCN(C)[C@@H](CCc2ccc(F)cc2)C1.Cl. The molecule has 0 spiro atoms. The number of benzene rings is 2. The lowest BCUT2D eigenvalue weighted by atomic mass is 10.0. The number of piperazine rings is 1. The molecule has 0 unspecified atom stereocenters. The second-order valence-electron chi connectivity index (χ2n) is 9.96. The van der Waals surface area contributed by atoms with E-state index in [-0.39, 0.29) is 18.2 Å². The maximum absolute atomic E-state index is 13.3. The van der Waals surface area contributed by atoms with Gasteiger partial charge in [-0.2, -0.15) is 0 Å². The molecule has 1 aromatic heterocycles. The van der Waals surface area contributed by atoms with Crippen molar-refractivity contribution in [1.82, 2.24) is 14.8 Å². The second kappa shape index (κ2) is 11.2. The van der Waals surface area contributed by atoms with Crippen molar-refractivity contribution in [3.05, 3.63) is 81.1 Å². The minimum absolute atomic E-state index is 0. The summed E-state index contributed by atoms with van der Waals surface area (Å²) in [6.45, 7) is 7.37. The summed E-state index contributed by atoms with van der Waals surface area (Å²) in [4.78, 5) is 16.6. The van der Waals surface area contributed by atoms with Crippen molar-refractivity contribution in [2.45, 2.75) is 45.6 Å². The third kappa shape index (κ3) is 5.93. The van der Waals surface area contributed by atoms with Crippen molar-refractivity contribution in [3.63, 3.8) is 0 Å². The van der Waals surface area contributed by atoms with Crippen molar-refractivity contribution in [2.75, 3.05) is 26.7 Å². The van der Waals surface area contributed by atoms with Crippen LogP contribution in [0.2, 0.25) is 0 Å². The molecule has 1 atom stereocenters. The van der Waals surface area contributed by atoms with Crippen molar-refractivity contribution in [2.24, 2.45) is 10.9 Å². The fraction of sp³-hybridized carbons (Fsp3) is 0.429. The summed E-state index contributed by atoms with van der Waals surface area (Å²) in [5.74, 6) is 1.44. The normalized spacial score (nSPS) is 17.9. The Morgan fingerprint density at radius 1 is 1.09 bits per heavy atom. The van der Waals surface area contributed by atoms with Crippen LogP contribution in [0.3, 0.4) is 0 Å². The van der Waals surface area contributed by atoms with Crippen LogP contribution < -0.4 is 0 Å². The van der Waals surface area contributed by atoms with Crippen molar-refractivity contribution in [3.8, 4) is 0 Å². The number of aromatic nitrogens is 1. The Balaban J connectivity index is 0.00000289. The molecule has 3 aromatic rings. The number of nitrogens with zero attached hydrogens (tertiary/aromatic N) is 4. The van der Waals surface area contributed by atoms with E-state index in [1.54, 1.807) is 12.1 Å². The third-order valence-corrected chi connectivity index (χ3v) is 7.94. The molecule has 0 bridgehead atoms. The van der Waals surface area contributed by atoms with E-state index < -0.39 is 0 Å². The highest BCUT2D eigenvalue weighted by Crippen LogP contribution is 2.33. The van der Waals surface area contributed by atoms with Gasteiger partial charge in [-0.1, -0.05) is 44.2 Å². The quantitative estimate of drug-likeness (QED) is 0.412. The van der Waals surface area contributed by atoms with Crippen LogP contribution in [0.5, 0.6) is 0 Å². The number of likely N-dealkylation sites (N-methyl/N-ethyl adjacent to an activating group) is 1. The number of para-hydroxylation sites is 1. The number of thiazole rings is 1. The zero-order valence-electron chi connectivity index (χ0n) is 20.7. The Bertz CT molecular complexity index is 1170. The highest BCUT2D eigenvalue weighted by atomic mass is 35.5. The first kappa shape index (κ1) is 25.8. The Labute approximate surface area is 218 Å². The fourth-order valence-electron chi connectivity index (χ4n) is 4.90. The number of hydrogen-bond acceptors (Lipinski definition) is 5. The molecule has 35 heavy (non-hydrogen) atoms. The summed E-state index contributed by atoms with van der Waals surface area (Å²) in [5, 5.41) is 1.22. The minimum Gasteiger partial charge on any atom is -0.352 e. The van der Waals surface area contributed by atoms with Gasteiger partial charge in [0.15, 0.2) is 5.84 Å². The Morgan fingerprint density at radius 3 is 2.63 bits per heavy atom. The Morgan fingerprint density at radius 2 is 1.86 bits per heavy atom. The number of aliphatic imine (C=N–C) groups is 1. The van der Waals surface area contributed by atoms with Gasteiger partial charge in [-0.15, -0.1) is 23.7 Å². The first-order chi connectivity index (χ1) is 16.5. The van der Waals surface area contributed by atoms with Crippen LogP contribution >= 0.6 is 23.7 Å². The van der Waals surface area contributed by atoms with Crippen molar-refractivity contribution in [1.29, 1.82) is 0 Å². The van der Waals surface area contributed by atoms with E-state index in [1.807, 2.05) is 23.5 Å². The molecule has 0 amide bonds. The van der Waals surface area contributed by atoms with Gasteiger partial charge in [-0.05, 0) is 55.1 Å². The van der Waals surface area contributed by atoms with Gasteiger partial charge in [0.05, 0.1) is 10.7 Å². The van der Waals surface area contributed by atoms with Crippen LogP contribution in [0, 0.1) is 11.7 Å². The molecule has 1 saturated heterocycles. The molecular weight excluding hydrogens is 479 g/mol. The zero-order valence-corrected chi connectivity index (χ0v) is 22.3. The third-order valence-electron chi connectivity index (χ3n) is 6.86. The molecule has 0 radical (unpaired) electrons. The lowest BCUT2D eigenvalue weighted by molar-refractivity contribution is 0.134. The van der Waals surface area contributed by atoms with E-state index >= 15 is 0 Å². The molecule has 186 valence electrons. The summed E-state index contributed by atoms with van der Waals surface area (Å²) in [5.41, 5.74) is 4.61. The maximum Gasteiger partial charge on any atom is 0.156 e. The molecule has 5 rings (SSSR count). The number of rotatable bonds is 5. The van der Waals surface area contributed by atoms with E-state index in [0.29, 0.717) is 12.0 Å². The average molecular weight is 513 g/mol. The van der Waals surface area contributed by atoms with Crippen LogP contribution in [0.15, 0.2) is 53.5 Å². The molecule has 4 nitrogen and oxygen atoms in total. The zero-order chi connectivity index (χ0) is 23.7. The van der Waals surface area contributed by atoms with Gasteiger partial charge in [-0.3, -0.25) is 4.90 Å². The molecule has 2 aromatic carbocycles. The van der Waals surface area contributed by atoms with E-state index in [1.165, 1.54) is 21.0 Å². The minimum atomic E-state index is -0.174. The Hall–Kier alpha value is -2.28. The second-order valence-corrected chi connectivity index (χ2v) is 11.1. The predicted octanol–water partition coefficient (Wildman–Crippen LogP) is 6.13. The van der Waals surface area contributed by atoms with Gasteiger partial charge in [0.1, 0.15) is 11.5 Å². The number of hydrogen-bond donors (Lipinski definition) is 0. The van der Waals surface area contributed by atoms with Gasteiger partial charge >= 0.3 is 0 Å². The summed E-state index contributed by atoms with van der Waals surface area (Å²) < 4.78 is 13.3. The van der Waals surface area contributed by atoms with Crippen molar-refractivity contribution >= 4 is 35.3 Å². The van der Waals surface area contributed by atoms with E-state index in [4.69, 9.17) is 9.98 Å². The standard InChI is InChI=1S/C28H33FN4S.ClH/c1-19(2)16-26-31-27-25(34-26)17-21-6-4-5-7-24(21)30-28(27)33-15-14-32(3)23(18-33)13-10-20-8-11-22(29)12-9-20;/h4-9,11-12,19,23H,10,13-18H2,1-3H3;1H/t23-;/m0./s1.